The van der Waals surface area contributed by atoms with Gasteiger partial charge in [0.2, 0.25) is 0 Å². The summed E-state index contributed by atoms with van der Waals surface area (Å²) in [5.74, 6) is 0.754. The number of hydrogen-bond donors (Lipinski definition) is 2. The van der Waals surface area contributed by atoms with E-state index in [1.54, 1.807) is 0 Å². The molecule has 1 heterocycles. The molecule has 0 aliphatic carbocycles. The van der Waals surface area contributed by atoms with Crippen molar-refractivity contribution < 1.29 is 23.8 Å². The summed E-state index contributed by atoms with van der Waals surface area (Å²) in [6.45, 7) is 11.5. The molecule has 4 rings (SSSR count). The Morgan fingerprint density at radius 3 is 1.85 bits per heavy atom. The Bertz CT molecular complexity index is 1540. The van der Waals surface area contributed by atoms with Gasteiger partial charge in [-0.25, -0.2) is 14.6 Å². The monoisotopic (exact) mass is 607 g/mol. The van der Waals surface area contributed by atoms with Gasteiger partial charge in [0.05, 0.1) is 17.8 Å². The fourth-order valence-electron chi connectivity index (χ4n) is 4.09. The van der Waals surface area contributed by atoms with Crippen molar-refractivity contribution in [2.75, 3.05) is 22.6 Å². The standard InChI is InChI=1S/C31H34BrN3O5/c1-30(2,3)39-28(36)33-20-9-13-23-24-14-10-21(34-29(37)40-31(4,5)6)18-26(24)35-27(25(23)17-20)19-7-11-22(12-8-19)38-16-15-32/h7-14,17-18H,15-16H2,1-6H3,(H,33,36)(H,34,37). The van der Waals surface area contributed by atoms with Crippen LogP contribution in [0.5, 0.6) is 5.75 Å². The number of alkyl halides is 1. The highest BCUT2D eigenvalue weighted by Gasteiger charge is 2.19. The second-order valence-corrected chi connectivity index (χ2v) is 12.1. The number of carbonyl (C=O) groups is 2. The van der Waals surface area contributed by atoms with Gasteiger partial charge in [0, 0.05) is 33.0 Å². The molecule has 4 aromatic rings. The summed E-state index contributed by atoms with van der Waals surface area (Å²) in [6.07, 6.45) is -1.07. The number of anilines is 2. The number of carbonyl (C=O) groups excluding carboxylic acids is 2. The van der Waals surface area contributed by atoms with Gasteiger partial charge in [0.15, 0.2) is 0 Å². The molecule has 0 fully saturated rings. The van der Waals surface area contributed by atoms with Crippen molar-refractivity contribution in [2.45, 2.75) is 52.7 Å². The van der Waals surface area contributed by atoms with Gasteiger partial charge in [0.1, 0.15) is 17.0 Å². The first kappa shape index (κ1) is 29.1. The largest absolute Gasteiger partial charge is 0.493 e. The Morgan fingerprint density at radius 1 is 0.750 bits per heavy atom. The van der Waals surface area contributed by atoms with Crippen molar-refractivity contribution in [3.63, 3.8) is 0 Å². The number of halogens is 1. The van der Waals surface area contributed by atoms with Crippen LogP contribution in [0.25, 0.3) is 32.9 Å². The summed E-state index contributed by atoms with van der Waals surface area (Å²) >= 11 is 3.37. The molecule has 2 amide bonds. The van der Waals surface area contributed by atoms with Crippen molar-refractivity contribution in [3.05, 3.63) is 60.7 Å². The van der Waals surface area contributed by atoms with E-state index in [-0.39, 0.29) is 0 Å². The molecule has 210 valence electrons. The number of nitrogens with zero attached hydrogens (tertiary/aromatic N) is 1. The molecule has 40 heavy (non-hydrogen) atoms. The highest BCUT2D eigenvalue weighted by Crippen LogP contribution is 2.36. The maximum absolute atomic E-state index is 12.5. The van der Waals surface area contributed by atoms with Gasteiger partial charge in [0.25, 0.3) is 0 Å². The minimum Gasteiger partial charge on any atom is -0.493 e. The molecular formula is C31H34BrN3O5. The number of amides is 2. The van der Waals surface area contributed by atoms with Crippen LogP contribution in [0.4, 0.5) is 21.0 Å². The van der Waals surface area contributed by atoms with Crippen molar-refractivity contribution in [1.82, 2.24) is 4.98 Å². The highest BCUT2D eigenvalue weighted by atomic mass is 79.9. The summed E-state index contributed by atoms with van der Waals surface area (Å²) in [7, 11) is 0. The summed E-state index contributed by atoms with van der Waals surface area (Å²) in [5.41, 5.74) is 2.22. The molecule has 8 nitrogen and oxygen atoms in total. The minimum absolute atomic E-state index is 0.534. The van der Waals surface area contributed by atoms with Crippen LogP contribution >= 0.6 is 15.9 Å². The first-order chi connectivity index (χ1) is 18.8. The first-order valence-electron chi connectivity index (χ1n) is 13.0. The number of ether oxygens (including phenoxy) is 3. The van der Waals surface area contributed by atoms with Gasteiger partial charge >= 0.3 is 12.2 Å². The lowest BCUT2D eigenvalue weighted by atomic mass is 9.99. The Morgan fingerprint density at radius 2 is 1.30 bits per heavy atom. The van der Waals surface area contributed by atoms with Crippen LogP contribution in [0.1, 0.15) is 41.5 Å². The van der Waals surface area contributed by atoms with E-state index in [1.165, 1.54) is 0 Å². The minimum atomic E-state index is -0.618. The second-order valence-electron chi connectivity index (χ2n) is 11.3. The quantitative estimate of drug-likeness (QED) is 0.168. The van der Waals surface area contributed by atoms with E-state index in [0.717, 1.165) is 38.5 Å². The van der Waals surface area contributed by atoms with E-state index in [1.807, 2.05) is 102 Å². The zero-order valence-corrected chi connectivity index (χ0v) is 25.1. The van der Waals surface area contributed by atoms with E-state index >= 15 is 0 Å². The zero-order chi connectivity index (χ0) is 29.1. The number of hydrogen-bond acceptors (Lipinski definition) is 6. The van der Waals surface area contributed by atoms with Crippen LogP contribution < -0.4 is 15.4 Å². The topological polar surface area (TPSA) is 98.8 Å². The fourth-order valence-corrected chi connectivity index (χ4v) is 4.25. The molecule has 0 radical (unpaired) electrons. The summed E-state index contributed by atoms with van der Waals surface area (Å²) in [5, 5.41) is 9.04. The van der Waals surface area contributed by atoms with Gasteiger partial charge in [-0.15, -0.1) is 0 Å². The molecule has 0 aliphatic heterocycles. The number of rotatable bonds is 6. The van der Waals surface area contributed by atoms with E-state index in [4.69, 9.17) is 19.2 Å². The van der Waals surface area contributed by atoms with Crippen LogP contribution in [0, 0.1) is 0 Å². The Labute approximate surface area is 242 Å². The van der Waals surface area contributed by atoms with E-state index < -0.39 is 23.4 Å². The number of fused-ring (bicyclic) bond motifs is 3. The normalized spacial score (nSPS) is 11.8. The molecule has 0 saturated carbocycles. The van der Waals surface area contributed by atoms with Gasteiger partial charge in [-0.1, -0.05) is 28.1 Å². The number of benzene rings is 3. The fraction of sp³-hybridized carbons (Fsp3) is 0.323. The molecule has 0 aliphatic rings. The third kappa shape index (κ3) is 7.63. The molecule has 0 saturated heterocycles. The maximum Gasteiger partial charge on any atom is 0.412 e. The molecule has 1 aromatic heterocycles. The van der Waals surface area contributed by atoms with E-state index in [9.17, 15) is 9.59 Å². The molecule has 0 spiro atoms. The van der Waals surface area contributed by atoms with Gasteiger partial charge in [-0.2, -0.15) is 0 Å². The lowest BCUT2D eigenvalue weighted by Gasteiger charge is -2.20. The average Bonchev–Trinajstić information content (AvgIpc) is 2.84. The first-order valence-corrected chi connectivity index (χ1v) is 14.1. The van der Waals surface area contributed by atoms with Gasteiger partial charge in [-0.3, -0.25) is 10.6 Å². The smallest absolute Gasteiger partial charge is 0.412 e. The van der Waals surface area contributed by atoms with E-state index in [0.29, 0.717) is 23.5 Å². The average molecular weight is 609 g/mol. The highest BCUT2D eigenvalue weighted by molar-refractivity contribution is 9.09. The Balaban J connectivity index is 1.79. The second kappa shape index (κ2) is 11.7. The third-order valence-corrected chi connectivity index (χ3v) is 5.88. The van der Waals surface area contributed by atoms with Gasteiger partial charge in [-0.05, 0) is 95.5 Å². The van der Waals surface area contributed by atoms with Crippen LogP contribution in [0.15, 0.2) is 60.7 Å². The van der Waals surface area contributed by atoms with Crippen molar-refractivity contribution in [2.24, 2.45) is 0 Å². The van der Waals surface area contributed by atoms with E-state index in [2.05, 4.69) is 26.6 Å². The summed E-state index contributed by atoms with van der Waals surface area (Å²) in [4.78, 5) is 29.8. The maximum atomic E-state index is 12.5. The van der Waals surface area contributed by atoms with Gasteiger partial charge < -0.3 is 14.2 Å². The third-order valence-electron chi connectivity index (χ3n) is 5.56. The molecule has 3 aromatic carbocycles. The molecular weight excluding hydrogens is 574 g/mol. The summed E-state index contributed by atoms with van der Waals surface area (Å²) in [6, 6.07) is 18.9. The van der Waals surface area contributed by atoms with Crippen molar-refractivity contribution in [1.29, 1.82) is 0 Å². The summed E-state index contributed by atoms with van der Waals surface area (Å²) < 4.78 is 16.5. The van der Waals surface area contributed by atoms with Crippen LogP contribution in [-0.2, 0) is 9.47 Å². The zero-order valence-electron chi connectivity index (χ0n) is 23.6. The lowest BCUT2D eigenvalue weighted by Crippen LogP contribution is -2.27. The molecule has 0 bridgehead atoms. The SMILES string of the molecule is CC(C)(C)OC(=O)Nc1ccc2c(c1)nc(-c1ccc(OCCBr)cc1)c1cc(NC(=O)OC(C)(C)C)ccc12. The number of nitrogens with one attached hydrogen (secondary N) is 2. The number of aromatic nitrogens is 1. The van der Waals surface area contributed by atoms with Crippen molar-refractivity contribution >= 4 is 61.2 Å². The van der Waals surface area contributed by atoms with Crippen LogP contribution in [0.2, 0.25) is 0 Å². The molecule has 0 atom stereocenters. The molecule has 0 unspecified atom stereocenters. The molecule has 9 heteroatoms. The Kier molecular flexibility index (Phi) is 8.54. The van der Waals surface area contributed by atoms with Crippen LogP contribution in [-0.4, -0.2) is 40.3 Å². The lowest BCUT2D eigenvalue weighted by molar-refractivity contribution is 0.0624. The van der Waals surface area contributed by atoms with Crippen molar-refractivity contribution in [3.8, 4) is 17.0 Å². The Hall–Kier alpha value is -3.85. The number of pyridine rings is 1. The predicted molar refractivity (Wildman–Crippen MR) is 164 cm³/mol. The predicted octanol–water partition coefficient (Wildman–Crippen LogP) is 8.52. The van der Waals surface area contributed by atoms with Crippen LogP contribution in [0.3, 0.4) is 0 Å². The molecule has 2 N–H and O–H groups in total.